The second-order valence-corrected chi connectivity index (χ2v) is 4.37. The van der Waals surface area contributed by atoms with Gasteiger partial charge in [0.25, 0.3) is 0 Å². The van der Waals surface area contributed by atoms with E-state index < -0.39 is 11.9 Å². The quantitative estimate of drug-likeness (QED) is 0.920. The molecule has 21 heavy (non-hydrogen) atoms. The first-order valence-corrected chi connectivity index (χ1v) is 6.34. The molecule has 5 heteroatoms. The molecule has 1 atom stereocenters. The molecule has 2 rings (SSSR count). The Morgan fingerprint density at radius 3 is 2.19 bits per heavy atom. The van der Waals surface area contributed by atoms with Crippen molar-refractivity contribution in [3.8, 4) is 17.2 Å². The van der Waals surface area contributed by atoms with E-state index in [1.54, 1.807) is 24.3 Å². The number of hydrogen-bond acceptors (Lipinski definition) is 4. The molecule has 0 amide bonds. The third-order valence-electron chi connectivity index (χ3n) is 3.23. The summed E-state index contributed by atoms with van der Waals surface area (Å²) in [6.45, 7) is 0. The number of rotatable bonds is 5. The Labute approximate surface area is 122 Å². The Bertz CT molecular complexity index is 628. The molecule has 0 radical (unpaired) electrons. The van der Waals surface area contributed by atoms with Gasteiger partial charge in [-0.2, -0.15) is 0 Å². The van der Waals surface area contributed by atoms with Gasteiger partial charge in [-0.1, -0.05) is 12.1 Å². The Hall–Kier alpha value is -2.27. The molecule has 0 bridgehead atoms. The summed E-state index contributed by atoms with van der Waals surface area (Å²) in [5, 5.41) is 10.5. The van der Waals surface area contributed by atoms with Gasteiger partial charge in [0.2, 0.25) is 0 Å². The molecule has 0 spiro atoms. The molecule has 0 aliphatic heterocycles. The number of halogens is 1. The lowest BCUT2D eigenvalue weighted by Gasteiger charge is -2.17. The summed E-state index contributed by atoms with van der Waals surface area (Å²) in [6, 6.07) is 9.32. The summed E-state index contributed by atoms with van der Waals surface area (Å²) in [5.74, 6) is 0.757. The Balaban J connectivity index is 2.47. The molecule has 0 aliphatic rings. The fraction of sp³-hybridized carbons (Fsp3) is 0.250. The zero-order valence-electron chi connectivity index (χ0n) is 12.1. The maximum atomic E-state index is 14.0. The van der Waals surface area contributed by atoms with Gasteiger partial charge in [-0.3, -0.25) is 0 Å². The molecule has 0 saturated carbocycles. The van der Waals surface area contributed by atoms with Crippen molar-refractivity contribution >= 4 is 0 Å². The van der Waals surface area contributed by atoms with E-state index in [0.717, 1.165) is 0 Å². The Morgan fingerprint density at radius 1 is 0.905 bits per heavy atom. The molecule has 2 aromatic rings. The lowest BCUT2D eigenvalue weighted by atomic mass is 9.99. The first-order valence-electron chi connectivity index (χ1n) is 6.34. The zero-order valence-corrected chi connectivity index (χ0v) is 12.1. The van der Waals surface area contributed by atoms with Crippen LogP contribution in [0.2, 0.25) is 0 Å². The molecule has 1 N–H and O–H groups in total. The van der Waals surface area contributed by atoms with Crippen molar-refractivity contribution in [2.45, 2.75) is 6.10 Å². The van der Waals surface area contributed by atoms with Gasteiger partial charge in [0.05, 0.1) is 26.9 Å². The number of ether oxygens (including phenoxy) is 3. The van der Waals surface area contributed by atoms with Crippen LogP contribution in [0.15, 0.2) is 36.4 Å². The second-order valence-electron chi connectivity index (χ2n) is 4.37. The highest BCUT2D eigenvalue weighted by Crippen LogP contribution is 2.36. The highest BCUT2D eigenvalue weighted by molar-refractivity contribution is 5.47. The average molecular weight is 292 g/mol. The zero-order chi connectivity index (χ0) is 15.4. The first-order chi connectivity index (χ1) is 10.1. The van der Waals surface area contributed by atoms with Gasteiger partial charge in [-0.25, -0.2) is 4.39 Å². The van der Waals surface area contributed by atoms with Gasteiger partial charge in [0.1, 0.15) is 17.7 Å². The summed E-state index contributed by atoms with van der Waals surface area (Å²) in [7, 11) is 4.45. The summed E-state index contributed by atoms with van der Waals surface area (Å²) in [5.41, 5.74) is 0.572. The summed E-state index contributed by atoms with van der Waals surface area (Å²) in [4.78, 5) is 0. The molecule has 2 aromatic carbocycles. The van der Waals surface area contributed by atoms with E-state index in [2.05, 4.69) is 0 Å². The van der Waals surface area contributed by atoms with E-state index in [9.17, 15) is 9.50 Å². The highest BCUT2D eigenvalue weighted by atomic mass is 19.1. The SMILES string of the molecule is COc1ccc(C(O)c2c(F)cccc2OC)cc1OC. The molecule has 1 unspecified atom stereocenters. The van der Waals surface area contributed by atoms with Crippen LogP contribution in [0.5, 0.6) is 17.2 Å². The van der Waals surface area contributed by atoms with Crippen molar-refractivity contribution in [1.82, 2.24) is 0 Å². The van der Waals surface area contributed by atoms with Crippen LogP contribution in [0.25, 0.3) is 0 Å². The summed E-state index contributed by atoms with van der Waals surface area (Å²) in [6.07, 6.45) is -1.17. The fourth-order valence-electron chi connectivity index (χ4n) is 2.15. The maximum absolute atomic E-state index is 14.0. The minimum Gasteiger partial charge on any atom is -0.496 e. The summed E-state index contributed by atoms with van der Waals surface area (Å²) >= 11 is 0. The largest absolute Gasteiger partial charge is 0.496 e. The number of benzene rings is 2. The molecule has 0 fully saturated rings. The van der Waals surface area contributed by atoms with Crippen LogP contribution in [0.1, 0.15) is 17.2 Å². The van der Waals surface area contributed by atoms with Crippen LogP contribution in [0.3, 0.4) is 0 Å². The first kappa shape index (κ1) is 15.1. The van der Waals surface area contributed by atoms with Crippen LogP contribution in [0.4, 0.5) is 4.39 Å². The minimum absolute atomic E-state index is 0.0900. The average Bonchev–Trinajstić information content (AvgIpc) is 2.53. The van der Waals surface area contributed by atoms with Crippen molar-refractivity contribution in [1.29, 1.82) is 0 Å². The van der Waals surface area contributed by atoms with Gasteiger partial charge in [-0.05, 0) is 29.8 Å². The predicted octanol–water partition coefficient (Wildman–Crippen LogP) is 2.93. The van der Waals surface area contributed by atoms with Crippen molar-refractivity contribution in [2.24, 2.45) is 0 Å². The predicted molar refractivity (Wildman–Crippen MR) is 76.6 cm³/mol. The number of methoxy groups -OCH3 is 3. The molecule has 0 heterocycles. The van der Waals surface area contributed by atoms with Crippen LogP contribution >= 0.6 is 0 Å². The molecule has 0 aliphatic carbocycles. The minimum atomic E-state index is -1.17. The van der Waals surface area contributed by atoms with Gasteiger partial charge < -0.3 is 19.3 Å². The van der Waals surface area contributed by atoms with E-state index in [1.165, 1.54) is 33.5 Å². The third-order valence-corrected chi connectivity index (χ3v) is 3.23. The number of aliphatic hydroxyl groups excluding tert-OH is 1. The molecule has 0 saturated heterocycles. The van der Waals surface area contributed by atoms with Crippen molar-refractivity contribution in [2.75, 3.05) is 21.3 Å². The fourth-order valence-corrected chi connectivity index (χ4v) is 2.15. The van der Waals surface area contributed by atoms with E-state index >= 15 is 0 Å². The van der Waals surface area contributed by atoms with Crippen LogP contribution in [-0.2, 0) is 0 Å². The van der Waals surface area contributed by atoms with Crippen LogP contribution < -0.4 is 14.2 Å². The smallest absolute Gasteiger partial charge is 0.161 e. The van der Waals surface area contributed by atoms with Gasteiger partial charge in [-0.15, -0.1) is 0 Å². The molecular formula is C16H17FO4. The van der Waals surface area contributed by atoms with Gasteiger partial charge in [0, 0.05) is 0 Å². The Morgan fingerprint density at radius 2 is 1.57 bits per heavy atom. The molecule has 0 aromatic heterocycles. The van der Waals surface area contributed by atoms with E-state index in [1.807, 2.05) is 0 Å². The summed E-state index contributed by atoms with van der Waals surface area (Å²) < 4.78 is 29.4. The van der Waals surface area contributed by atoms with Gasteiger partial charge >= 0.3 is 0 Å². The topological polar surface area (TPSA) is 47.9 Å². The van der Waals surface area contributed by atoms with Crippen molar-refractivity contribution in [3.63, 3.8) is 0 Å². The number of hydrogen-bond donors (Lipinski definition) is 1. The molecule has 4 nitrogen and oxygen atoms in total. The highest BCUT2D eigenvalue weighted by Gasteiger charge is 2.21. The maximum Gasteiger partial charge on any atom is 0.161 e. The van der Waals surface area contributed by atoms with Crippen molar-refractivity contribution in [3.05, 3.63) is 53.3 Å². The van der Waals surface area contributed by atoms with Crippen molar-refractivity contribution < 1.29 is 23.7 Å². The second kappa shape index (κ2) is 6.45. The molecular weight excluding hydrogens is 275 g/mol. The normalized spacial score (nSPS) is 11.9. The van der Waals surface area contributed by atoms with E-state index in [0.29, 0.717) is 17.1 Å². The Kier molecular flexibility index (Phi) is 4.65. The number of aliphatic hydroxyl groups is 1. The lowest BCUT2D eigenvalue weighted by Crippen LogP contribution is -2.06. The van der Waals surface area contributed by atoms with Crippen LogP contribution in [0, 0.1) is 5.82 Å². The standard InChI is InChI=1S/C16H17FO4/c1-19-12-8-7-10(9-14(12)21-3)16(18)15-11(17)5-4-6-13(15)20-2/h4-9,16,18H,1-3H3. The monoisotopic (exact) mass is 292 g/mol. The third kappa shape index (κ3) is 2.92. The van der Waals surface area contributed by atoms with E-state index in [-0.39, 0.29) is 11.3 Å². The lowest BCUT2D eigenvalue weighted by molar-refractivity contribution is 0.208. The van der Waals surface area contributed by atoms with Crippen LogP contribution in [-0.4, -0.2) is 26.4 Å². The van der Waals surface area contributed by atoms with Gasteiger partial charge in [0.15, 0.2) is 11.5 Å². The molecule has 112 valence electrons. The van der Waals surface area contributed by atoms with E-state index in [4.69, 9.17) is 14.2 Å².